The molecule has 0 N–H and O–H groups in total. The molecule has 9 heteroatoms. The summed E-state index contributed by atoms with van der Waals surface area (Å²) in [7, 11) is 1.36. The van der Waals surface area contributed by atoms with Gasteiger partial charge in [-0.25, -0.2) is 0 Å². The molecule has 0 bridgehead atoms. The number of hydrogen-bond acceptors (Lipinski definition) is 7. The monoisotopic (exact) mass is 690 g/mol. The molecule has 2 unspecified atom stereocenters. The van der Waals surface area contributed by atoms with E-state index in [-0.39, 0.29) is 25.8 Å². The van der Waals surface area contributed by atoms with Crippen molar-refractivity contribution in [3.8, 4) is 0 Å². The average Bonchev–Trinajstić information content (AvgIpc) is 3.01. The van der Waals surface area contributed by atoms with E-state index in [0.717, 1.165) is 32.1 Å². The fourth-order valence-corrected chi connectivity index (χ4v) is 5.97. The highest BCUT2D eigenvalue weighted by molar-refractivity contribution is 7.45. The Labute approximate surface area is 290 Å². The Morgan fingerprint density at radius 2 is 1.11 bits per heavy atom. The maximum atomic E-state index is 12.5. The van der Waals surface area contributed by atoms with Crippen molar-refractivity contribution in [2.75, 3.05) is 54.1 Å². The molecule has 0 aromatic rings. The predicted octanol–water partition coefficient (Wildman–Crippen LogP) is 10.1. The van der Waals surface area contributed by atoms with Gasteiger partial charge in [0, 0.05) is 13.0 Å². The summed E-state index contributed by atoms with van der Waals surface area (Å²) >= 11 is 0. The molecule has 0 saturated carbocycles. The van der Waals surface area contributed by atoms with E-state index < -0.39 is 13.9 Å². The Bertz CT molecular complexity index is 772. The van der Waals surface area contributed by atoms with Crippen molar-refractivity contribution in [3.05, 3.63) is 12.2 Å². The standard InChI is InChI=1S/C38H76NO7P/c1-6-8-10-12-14-15-16-17-18-19-20-21-22-23-24-26-28-30-33-43-35-37(36-45-47(41,42)44-34-32-39(3,4)5)46-38(40)31-29-27-25-13-11-9-7-2/h17-18,37H,6-16,19-36H2,1-5H3/b18-17-. The predicted molar refractivity (Wildman–Crippen MR) is 194 cm³/mol. The normalized spacial score (nSPS) is 14.1. The van der Waals surface area contributed by atoms with E-state index >= 15 is 0 Å². The molecule has 8 nitrogen and oxygen atoms in total. The molecule has 0 fully saturated rings. The molecule has 0 aliphatic rings. The van der Waals surface area contributed by atoms with Gasteiger partial charge in [0.15, 0.2) is 0 Å². The lowest BCUT2D eigenvalue weighted by Crippen LogP contribution is -2.37. The van der Waals surface area contributed by atoms with Gasteiger partial charge in [0.1, 0.15) is 19.3 Å². The lowest BCUT2D eigenvalue weighted by molar-refractivity contribution is -0.870. The third kappa shape index (κ3) is 36.3. The number of allylic oxidation sites excluding steroid dienone is 2. The van der Waals surface area contributed by atoms with Gasteiger partial charge in [-0.2, -0.15) is 0 Å². The highest BCUT2D eigenvalue weighted by atomic mass is 31.2. The Morgan fingerprint density at radius 3 is 1.62 bits per heavy atom. The molecule has 0 aromatic heterocycles. The van der Waals surface area contributed by atoms with Crippen molar-refractivity contribution in [1.82, 2.24) is 0 Å². The van der Waals surface area contributed by atoms with E-state index in [0.29, 0.717) is 24.1 Å². The topological polar surface area (TPSA) is 94.1 Å². The Kier molecular flexibility index (Phi) is 31.9. The largest absolute Gasteiger partial charge is 0.756 e. The van der Waals surface area contributed by atoms with Gasteiger partial charge in [0.05, 0.1) is 34.4 Å². The van der Waals surface area contributed by atoms with E-state index in [1.54, 1.807) is 0 Å². The molecule has 0 saturated heterocycles. The van der Waals surface area contributed by atoms with Gasteiger partial charge in [0.2, 0.25) is 0 Å². The van der Waals surface area contributed by atoms with Crippen LogP contribution < -0.4 is 4.89 Å². The van der Waals surface area contributed by atoms with Crippen LogP contribution in [0.15, 0.2) is 12.2 Å². The van der Waals surface area contributed by atoms with Crippen LogP contribution in [0.4, 0.5) is 0 Å². The van der Waals surface area contributed by atoms with Gasteiger partial charge in [-0.05, 0) is 38.5 Å². The summed E-state index contributed by atoms with van der Waals surface area (Å²) in [4.78, 5) is 24.8. The molecule has 0 radical (unpaired) electrons. The van der Waals surface area contributed by atoms with E-state index in [1.807, 2.05) is 21.1 Å². The van der Waals surface area contributed by atoms with Gasteiger partial charge < -0.3 is 27.9 Å². The third-order valence-corrected chi connectivity index (χ3v) is 9.28. The fraction of sp³-hybridized carbons (Fsp3) is 0.921. The summed E-state index contributed by atoms with van der Waals surface area (Å²) in [5, 5.41) is 0. The first-order valence-corrected chi connectivity index (χ1v) is 20.9. The summed E-state index contributed by atoms with van der Waals surface area (Å²) in [6.45, 7) is 5.36. The maximum absolute atomic E-state index is 12.5. The van der Waals surface area contributed by atoms with Crippen LogP contribution in [0.5, 0.6) is 0 Å². The summed E-state index contributed by atoms with van der Waals surface area (Å²) < 4.78 is 34.3. The van der Waals surface area contributed by atoms with Crippen molar-refractivity contribution in [3.63, 3.8) is 0 Å². The number of carbonyl (C=O) groups is 1. The van der Waals surface area contributed by atoms with Gasteiger partial charge in [-0.15, -0.1) is 0 Å². The number of likely N-dealkylation sites (N-methyl/N-ethyl adjacent to an activating group) is 1. The second-order valence-corrected chi connectivity index (χ2v) is 15.7. The fourth-order valence-electron chi connectivity index (χ4n) is 5.25. The molecular formula is C38H76NO7P. The third-order valence-electron chi connectivity index (χ3n) is 8.32. The number of phosphoric ester groups is 1. The smallest absolute Gasteiger partial charge is 0.306 e. The van der Waals surface area contributed by atoms with Crippen LogP contribution >= 0.6 is 7.82 Å². The Balaban J connectivity index is 4.14. The highest BCUT2D eigenvalue weighted by Crippen LogP contribution is 2.38. The number of hydrogen-bond donors (Lipinski definition) is 0. The van der Waals surface area contributed by atoms with Crippen LogP contribution in [0.2, 0.25) is 0 Å². The zero-order valence-electron chi connectivity index (χ0n) is 31.5. The van der Waals surface area contributed by atoms with E-state index in [2.05, 4.69) is 26.0 Å². The molecule has 0 spiro atoms. The van der Waals surface area contributed by atoms with Crippen molar-refractivity contribution in [1.29, 1.82) is 0 Å². The summed E-state index contributed by atoms with van der Waals surface area (Å²) in [6.07, 6.45) is 32.3. The van der Waals surface area contributed by atoms with Crippen LogP contribution in [0.1, 0.15) is 168 Å². The number of carbonyl (C=O) groups excluding carboxylic acids is 1. The molecule has 0 rings (SSSR count). The molecule has 0 amide bonds. The summed E-state index contributed by atoms with van der Waals surface area (Å²) in [5.41, 5.74) is 0. The number of unbranched alkanes of at least 4 members (excludes halogenated alkanes) is 20. The van der Waals surface area contributed by atoms with Crippen molar-refractivity contribution in [2.45, 2.75) is 174 Å². The van der Waals surface area contributed by atoms with E-state index in [9.17, 15) is 14.3 Å². The van der Waals surface area contributed by atoms with Crippen LogP contribution in [-0.2, 0) is 27.9 Å². The number of phosphoric acid groups is 1. The number of quaternary nitrogens is 1. The second-order valence-electron chi connectivity index (χ2n) is 14.3. The van der Waals surface area contributed by atoms with Gasteiger partial charge in [-0.1, -0.05) is 135 Å². The first-order chi connectivity index (χ1) is 22.6. The summed E-state index contributed by atoms with van der Waals surface area (Å²) in [6, 6.07) is 0. The minimum atomic E-state index is -4.51. The number of ether oxygens (including phenoxy) is 2. The van der Waals surface area contributed by atoms with Gasteiger partial charge in [0.25, 0.3) is 7.82 Å². The molecular weight excluding hydrogens is 613 g/mol. The molecule has 0 aromatic carbocycles. The Hall–Kier alpha value is -0.760. The molecule has 280 valence electrons. The van der Waals surface area contributed by atoms with Gasteiger partial charge in [-0.3, -0.25) is 9.36 Å². The van der Waals surface area contributed by atoms with Crippen LogP contribution in [0, 0.1) is 0 Å². The van der Waals surface area contributed by atoms with E-state index in [1.165, 1.54) is 116 Å². The van der Waals surface area contributed by atoms with Crippen LogP contribution in [-0.4, -0.2) is 70.7 Å². The highest BCUT2D eigenvalue weighted by Gasteiger charge is 2.20. The van der Waals surface area contributed by atoms with Crippen molar-refractivity contribution < 1.29 is 37.3 Å². The van der Waals surface area contributed by atoms with Crippen molar-refractivity contribution >= 4 is 13.8 Å². The maximum Gasteiger partial charge on any atom is 0.306 e. The summed E-state index contributed by atoms with van der Waals surface area (Å²) in [5.74, 6) is -0.341. The van der Waals surface area contributed by atoms with E-state index in [4.69, 9.17) is 18.5 Å². The molecule has 0 aliphatic carbocycles. The molecule has 2 atom stereocenters. The first kappa shape index (κ1) is 46.2. The first-order valence-electron chi connectivity index (χ1n) is 19.4. The SMILES string of the molecule is CCCCCCCC/C=C\CCCCCCCCCCOCC(COP(=O)([O-])OCC[N+](C)(C)C)OC(=O)CCCCCCCCC. The quantitative estimate of drug-likeness (QED) is 0.0212. The molecule has 0 heterocycles. The second kappa shape index (κ2) is 32.4. The molecule has 47 heavy (non-hydrogen) atoms. The van der Waals surface area contributed by atoms with Crippen LogP contribution in [0.25, 0.3) is 0 Å². The lowest BCUT2D eigenvalue weighted by Gasteiger charge is -2.28. The zero-order valence-corrected chi connectivity index (χ0v) is 32.4. The minimum Gasteiger partial charge on any atom is -0.756 e. The lowest BCUT2D eigenvalue weighted by atomic mass is 10.1. The minimum absolute atomic E-state index is 0.0280. The number of esters is 1. The Morgan fingerprint density at radius 1 is 0.638 bits per heavy atom. The van der Waals surface area contributed by atoms with Crippen LogP contribution in [0.3, 0.4) is 0 Å². The van der Waals surface area contributed by atoms with Gasteiger partial charge >= 0.3 is 5.97 Å². The average molecular weight is 690 g/mol. The van der Waals surface area contributed by atoms with Crippen molar-refractivity contribution in [2.24, 2.45) is 0 Å². The number of rotatable bonds is 36. The number of nitrogens with zero attached hydrogens (tertiary/aromatic N) is 1. The molecule has 0 aliphatic heterocycles. The zero-order chi connectivity index (χ0) is 34.9.